The summed E-state index contributed by atoms with van der Waals surface area (Å²) in [7, 11) is 1.26. The maximum atomic E-state index is 11.3. The molecule has 1 rings (SSSR count). The average Bonchev–Trinajstić information content (AvgIpc) is 2.30. The Bertz CT molecular complexity index is 456. The van der Waals surface area contributed by atoms with E-state index in [4.69, 9.17) is 5.21 Å². The van der Waals surface area contributed by atoms with E-state index in [9.17, 15) is 9.90 Å². The maximum Gasteiger partial charge on any atom is 0.337 e. The Balaban J connectivity index is 3.39. The zero-order valence-corrected chi connectivity index (χ0v) is 10.3. The number of nitrogens with zero attached hydrogens (tertiary/aromatic N) is 1. The molecule has 0 spiro atoms. The van der Waals surface area contributed by atoms with Crippen LogP contribution in [0.5, 0.6) is 5.75 Å². The molecule has 5 nitrogen and oxygen atoms in total. The van der Waals surface area contributed by atoms with Gasteiger partial charge in [-0.05, 0) is 35.0 Å². The monoisotopic (exact) mass is 287 g/mol. The summed E-state index contributed by atoms with van der Waals surface area (Å²) < 4.78 is 4.88. The molecule has 0 unspecified atom stereocenters. The lowest BCUT2D eigenvalue weighted by Crippen LogP contribution is -2.04. The molecule has 0 bridgehead atoms. The summed E-state index contributed by atoms with van der Waals surface area (Å²) in [5.74, 6) is -0.629. The number of rotatable bonds is 2. The van der Waals surface area contributed by atoms with E-state index in [0.29, 0.717) is 4.47 Å². The van der Waals surface area contributed by atoms with Gasteiger partial charge in [0.15, 0.2) is 0 Å². The summed E-state index contributed by atoms with van der Waals surface area (Å²) in [6, 6.07) is 2.82. The van der Waals surface area contributed by atoms with E-state index in [1.165, 1.54) is 26.2 Å². The number of benzene rings is 1. The molecular formula is C10H10BrNO4. The highest BCUT2D eigenvalue weighted by atomic mass is 79.9. The van der Waals surface area contributed by atoms with Gasteiger partial charge in [-0.3, -0.25) is 0 Å². The van der Waals surface area contributed by atoms with Gasteiger partial charge < -0.3 is 15.1 Å². The van der Waals surface area contributed by atoms with E-state index in [0.717, 1.165) is 0 Å². The van der Waals surface area contributed by atoms with Gasteiger partial charge in [0, 0.05) is 5.56 Å². The molecule has 1 aromatic rings. The first kappa shape index (κ1) is 12.5. The van der Waals surface area contributed by atoms with Crippen molar-refractivity contribution in [2.45, 2.75) is 6.92 Å². The Morgan fingerprint density at radius 2 is 2.12 bits per heavy atom. The number of hydrogen-bond acceptors (Lipinski definition) is 5. The van der Waals surface area contributed by atoms with Gasteiger partial charge >= 0.3 is 5.97 Å². The molecule has 0 heterocycles. The minimum Gasteiger partial charge on any atom is -0.506 e. The first-order valence-electron chi connectivity index (χ1n) is 4.31. The Kier molecular flexibility index (Phi) is 3.89. The van der Waals surface area contributed by atoms with Gasteiger partial charge in [-0.1, -0.05) is 5.16 Å². The predicted molar refractivity (Wildman–Crippen MR) is 61.1 cm³/mol. The second-order valence-electron chi connectivity index (χ2n) is 3.03. The molecule has 86 valence electrons. The van der Waals surface area contributed by atoms with Crippen molar-refractivity contribution in [1.29, 1.82) is 0 Å². The van der Waals surface area contributed by atoms with Crippen LogP contribution in [0.4, 0.5) is 0 Å². The Labute approximate surface area is 100 Å². The molecule has 0 amide bonds. The van der Waals surface area contributed by atoms with Crippen molar-refractivity contribution in [3.63, 3.8) is 0 Å². The van der Waals surface area contributed by atoms with Crippen LogP contribution in [-0.4, -0.2) is 29.1 Å². The number of phenolic OH excluding ortho intramolecular Hbond substituents is 1. The van der Waals surface area contributed by atoms with Crippen molar-refractivity contribution in [3.8, 4) is 5.75 Å². The van der Waals surface area contributed by atoms with Gasteiger partial charge in [-0.15, -0.1) is 0 Å². The van der Waals surface area contributed by atoms with Crippen molar-refractivity contribution in [2.24, 2.45) is 5.16 Å². The minimum atomic E-state index is -0.535. The quantitative estimate of drug-likeness (QED) is 0.378. The van der Waals surface area contributed by atoms with E-state index in [2.05, 4.69) is 25.8 Å². The summed E-state index contributed by atoms with van der Waals surface area (Å²) in [5, 5.41) is 21.3. The number of aromatic hydroxyl groups is 1. The molecule has 0 atom stereocenters. The van der Waals surface area contributed by atoms with Crippen LogP contribution in [0.1, 0.15) is 22.8 Å². The molecule has 0 saturated heterocycles. The molecule has 0 aliphatic rings. The van der Waals surface area contributed by atoms with E-state index < -0.39 is 5.97 Å². The highest BCUT2D eigenvalue weighted by molar-refractivity contribution is 9.10. The molecule has 0 aromatic heterocycles. The fraction of sp³-hybridized carbons (Fsp3) is 0.200. The molecule has 6 heteroatoms. The fourth-order valence-electron chi connectivity index (χ4n) is 1.16. The molecule has 1 aromatic carbocycles. The molecule has 0 radical (unpaired) electrons. The van der Waals surface area contributed by atoms with Gasteiger partial charge in [0.25, 0.3) is 0 Å². The molecule has 0 aliphatic carbocycles. The number of methoxy groups -OCH3 is 1. The van der Waals surface area contributed by atoms with E-state index >= 15 is 0 Å². The van der Waals surface area contributed by atoms with Crippen molar-refractivity contribution < 1.29 is 19.8 Å². The van der Waals surface area contributed by atoms with Gasteiger partial charge in [0.2, 0.25) is 0 Å². The molecule has 0 fully saturated rings. The maximum absolute atomic E-state index is 11.3. The third-order valence-electron chi connectivity index (χ3n) is 2.02. The summed E-state index contributed by atoms with van der Waals surface area (Å²) in [5.41, 5.74) is 0.714. The number of ether oxygens (including phenoxy) is 1. The predicted octanol–water partition coefficient (Wildman–Crippen LogP) is 2.14. The van der Waals surface area contributed by atoms with E-state index in [1.54, 1.807) is 0 Å². The van der Waals surface area contributed by atoms with Crippen LogP contribution in [0, 0.1) is 0 Å². The zero-order valence-electron chi connectivity index (χ0n) is 8.69. The van der Waals surface area contributed by atoms with Crippen molar-refractivity contribution >= 4 is 27.6 Å². The Morgan fingerprint density at radius 1 is 1.50 bits per heavy atom. The lowest BCUT2D eigenvalue weighted by atomic mass is 10.1. The smallest absolute Gasteiger partial charge is 0.337 e. The largest absolute Gasteiger partial charge is 0.506 e. The lowest BCUT2D eigenvalue weighted by molar-refractivity contribution is 0.0600. The van der Waals surface area contributed by atoms with Crippen LogP contribution >= 0.6 is 15.9 Å². The fourth-order valence-corrected chi connectivity index (χ4v) is 1.62. The summed E-state index contributed by atoms with van der Waals surface area (Å²) in [4.78, 5) is 11.3. The minimum absolute atomic E-state index is 0.0945. The van der Waals surface area contributed by atoms with E-state index in [-0.39, 0.29) is 22.6 Å². The number of phenols is 1. The van der Waals surface area contributed by atoms with Crippen LogP contribution in [0.25, 0.3) is 0 Å². The SMILES string of the molecule is COC(=O)c1cc(Br)c(O)c(/C(C)=N/O)c1. The van der Waals surface area contributed by atoms with E-state index in [1.807, 2.05) is 0 Å². The van der Waals surface area contributed by atoms with Gasteiger partial charge in [0.05, 0.1) is 22.9 Å². The van der Waals surface area contributed by atoms with Gasteiger partial charge in [-0.25, -0.2) is 4.79 Å². The van der Waals surface area contributed by atoms with Crippen molar-refractivity contribution in [2.75, 3.05) is 7.11 Å². The molecule has 16 heavy (non-hydrogen) atoms. The van der Waals surface area contributed by atoms with Crippen LogP contribution in [0.3, 0.4) is 0 Å². The Morgan fingerprint density at radius 3 is 2.62 bits per heavy atom. The van der Waals surface area contributed by atoms with Crippen LogP contribution in [-0.2, 0) is 4.74 Å². The average molecular weight is 288 g/mol. The first-order chi connectivity index (χ1) is 7.51. The molecule has 2 N–H and O–H groups in total. The highest BCUT2D eigenvalue weighted by Gasteiger charge is 2.15. The number of oxime groups is 1. The number of esters is 1. The van der Waals surface area contributed by atoms with Crippen LogP contribution < -0.4 is 0 Å². The van der Waals surface area contributed by atoms with Gasteiger partial charge in [0.1, 0.15) is 5.75 Å². The normalized spacial score (nSPS) is 11.3. The standard InChI is InChI=1S/C10H10BrNO4/c1-5(12-15)7-3-6(10(14)16-2)4-8(11)9(7)13/h3-4,13,15H,1-2H3/b12-5+. The number of carbonyl (C=O) groups excluding carboxylic acids is 1. The molecule has 0 aliphatic heterocycles. The Hall–Kier alpha value is -1.56. The highest BCUT2D eigenvalue weighted by Crippen LogP contribution is 2.30. The lowest BCUT2D eigenvalue weighted by Gasteiger charge is -2.07. The first-order valence-corrected chi connectivity index (χ1v) is 5.10. The van der Waals surface area contributed by atoms with Crippen molar-refractivity contribution in [3.05, 3.63) is 27.7 Å². The second kappa shape index (κ2) is 4.98. The second-order valence-corrected chi connectivity index (χ2v) is 3.89. The van der Waals surface area contributed by atoms with Gasteiger partial charge in [-0.2, -0.15) is 0 Å². The van der Waals surface area contributed by atoms with Crippen molar-refractivity contribution in [1.82, 2.24) is 0 Å². The molecular weight excluding hydrogens is 278 g/mol. The third-order valence-corrected chi connectivity index (χ3v) is 2.63. The summed E-state index contributed by atoms with van der Waals surface area (Å²) >= 11 is 3.10. The number of halogens is 1. The van der Waals surface area contributed by atoms with Crippen LogP contribution in [0.15, 0.2) is 21.8 Å². The number of carbonyl (C=O) groups is 1. The summed E-state index contributed by atoms with van der Waals surface area (Å²) in [6.07, 6.45) is 0. The topological polar surface area (TPSA) is 79.1 Å². The van der Waals surface area contributed by atoms with Crippen LogP contribution in [0.2, 0.25) is 0 Å². The summed E-state index contributed by atoms with van der Waals surface area (Å²) in [6.45, 7) is 1.50. The number of hydrogen-bond donors (Lipinski definition) is 2. The zero-order chi connectivity index (χ0) is 12.3. The molecule has 0 saturated carbocycles. The third kappa shape index (κ3) is 2.33.